The second kappa shape index (κ2) is 3.48. The van der Waals surface area contributed by atoms with Crippen LogP contribution in [0.25, 0.3) is 0 Å². The van der Waals surface area contributed by atoms with Gasteiger partial charge in [0, 0.05) is 6.04 Å². The molecule has 3 heteroatoms. The number of rotatable bonds is 2. The molecule has 15 heavy (non-hydrogen) atoms. The summed E-state index contributed by atoms with van der Waals surface area (Å²) in [5.74, 6) is -0.368. The zero-order chi connectivity index (χ0) is 11.2. The molecular weight excluding hydrogens is 190 g/mol. The molecule has 0 aromatic heterocycles. The van der Waals surface area contributed by atoms with Crippen LogP contribution in [0.15, 0.2) is 0 Å². The molecule has 2 fully saturated rings. The van der Waals surface area contributed by atoms with E-state index in [9.17, 15) is 4.79 Å². The van der Waals surface area contributed by atoms with E-state index >= 15 is 0 Å². The Balaban J connectivity index is 2.08. The van der Waals surface area contributed by atoms with Crippen LogP contribution < -0.4 is 0 Å². The molecule has 0 spiro atoms. The molecule has 3 atom stereocenters. The second-order valence-electron chi connectivity index (χ2n) is 5.71. The molecule has 1 aliphatic heterocycles. The summed E-state index contributed by atoms with van der Waals surface area (Å²) in [5.41, 5.74) is 0.00208. The highest BCUT2D eigenvalue weighted by molar-refractivity contribution is 5.75. The molecule has 3 nitrogen and oxygen atoms in total. The van der Waals surface area contributed by atoms with Gasteiger partial charge in [-0.05, 0) is 37.8 Å². The van der Waals surface area contributed by atoms with Crippen molar-refractivity contribution in [2.75, 3.05) is 13.6 Å². The van der Waals surface area contributed by atoms with E-state index in [4.69, 9.17) is 5.11 Å². The van der Waals surface area contributed by atoms with E-state index in [0.717, 1.165) is 6.54 Å². The minimum Gasteiger partial charge on any atom is -0.481 e. The molecule has 1 unspecified atom stereocenters. The number of likely N-dealkylation sites (tertiary alicyclic amines) is 1. The third-order valence-electron chi connectivity index (χ3n) is 4.42. The first-order valence-electron chi connectivity index (χ1n) is 5.89. The molecule has 0 aromatic rings. The molecule has 0 bridgehead atoms. The predicted molar refractivity (Wildman–Crippen MR) is 58.7 cm³/mol. The Labute approximate surface area is 91.5 Å². The fourth-order valence-electron chi connectivity index (χ4n) is 3.42. The summed E-state index contributed by atoms with van der Waals surface area (Å²) >= 11 is 0. The molecule has 0 amide bonds. The Morgan fingerprint density at radius 2 is 2.07 bits per heavy atom. The Hall–Kier alpha value is -0.570. The van der Waals surface area contributed by atoms with Crippen LogP contribution in [0, 0.1) is 17.3 Å². The third kappa shape index (κ3) is 1.67. The normalized spacial score (nSPS) is 40.1. The van der Waals surface area contributed by atoms with Gasteiger partial charge in [0.05, 0.1) is 5.92 Å². The van der Waals surface area contributed by atoms with Crippen LogP contribution in [0.3, 0.4) is 0 Å². The highest BCUT2D eigenvalue weighted by atomic mass is 16.4. The van der Waals surface area contributed by atoms with Gasteiger partial charge in [0.15, 0.2) is 0 Å². The Kier molecular flexibility index (Phi) is 2.53. The molecule has 1 saturated carbocycles. The van der Waals surface area contributed by atoms with Crippen molar-refractivity contribution in [2.24, 2.45) is 17.3 Å². The second-order valence-corrected chi connectivity index (χ2v) is 5.71. The van der Waals surface area contributed by atoms with Crippen molar-refractivity contribution in [1.82, 2.24) is 4.90 Å². The summed E-state index contributed by atoms with van der Waals surface area (Å²) < 4.78 is 0. The first-order valence-corrected chi connectivity index (χ1v) is 5.89. The monoisotopic (exact) mass is 211 g/mol. The highest BCUT2D eigenvalue weighted by Gasteiger charge is 2.65. The number of carboxylic acid groups (broad SMARTS) is 1. The van der Waals surface area contributed by atoms with Crippen molar-refractivity contribution in [3.05, 3.63) is 0 Å². The Morgan fingerprint density at radius 1 is 1.40 bits per heavy atom. The summed E-state index contributed by atoms with van der Waals surface area (Å²) in [7, 11) is 2.14. The van der Waals surface area contributed by atoms with Crippen molar-refractivity contribution in [3.8, 4) is 0 Å². The molecule has 1 N–H and O–H groups in total. The fraction of sp³-hybridized carbons (Fsp3) is 0.917. The van der Waals surface area contributed by atoms with Crippen LogP contribution in [0.4, 0.5) is 0 Å². The van der Waals surface area contributed by atoms with Crippen molar-refractivity contribution in [1.29, 1.82) is 0 Å². The molecule has 0 radical (unpaired) electrons. The first kappa shape index (κ1) is 10.9. The highest BCUT2D eigenvalue weighted by Crippen LogP contribution is 2.61. The van der Waals surface area contributed by atoms with Crippen LogP contribution in [-0.4, -0.2) is 35.6 Å². The maximum absolute atomic E-state index is 11.1. The van der Waals surface area contributed by atoms with Gasteiger partial charge in [0.2, 0.25) is 0 Å². The number of hydrogen-bond donors (Lipinski definition) is 1. The predicted octanol–water partition coefficient (Wildman–Crippen LogP) is 1.83. The maximum atomic E-state index is 11.1. The molecule has 1 heterocycles. The van der Waals surface area contributed by atoms with Gasteiger partial charge in [-0.3, -0.25) is 4.79 Å². The number of carbonyl (C=O) groups is 1. The summed E-state index contributed by atoms with van der Waals surface area (Å²) in [4.78, 5) is 13.5. The van der Waals surface area contributed by atoms with E-state index in [1.807, 2.05) is 0 Å². The molecule has 86 valence electrons. The lowest BCUT2D eigenvalue weighted by atomic mass is 9.94. The third-order valence-corrected chi connectivity index (χ3v) is 4.42. The summed E-state index contributed by atoms with van der Waals surface area (Å²) in [6.45, 7) is 5.32. The number of piperidine rings is 1. The molecule has 1 saturated heterocycles. The van der Waals surface area contributed by atoms with E-state index < -0.39 is 5.97 Å². The molecular formula is C12H21NO2. The average molecular weight is 211 g/mol. The van der Waals surface area contributed by atoms with Gasteiger partial charge in [-0.25, -0.2) is 0 Å². The number of hydrogen-bond acceptors (Lipinski definition) is 2. The number of nitrogens with zero attached hydrogens (tertiary/aromatic N) is 1. The van der Waals surface area contributed by atoms with Gasteiger partial charge in [-0.1, -0.05) is 20.3 Å². The standard InChI is InChI=1S/C12H21NO2/c1-12(2)9(10(12)11(14)15)8-6-4-5-7-13(8)3/h8-10H,4-7H2,1-3H3,(H,14,15)/t8?,9-,10+/m0/s1. The van der Waals surface area contributed by atoms with Crippen LogP contribution in [-0.2, 0) is 4.79 Å². The number of carboxylic acids is 1. The summed E-state index contributed by atoms with van der Waals surface area (Å²) in [5, 5.41) is 9.16. The van der Waals surface area contributed by atoms with E-state index in [1.54, 1.807) is 0 Å². The average Bonchev–Trinajstić information content (AvgIpc) is 2.70. The maximum Gasteiger partial charge on any atom is 0.307 e. The van der Waals surface area contributed by atoms with Gasteiger partial charge in [0.1, 0.15) is 0 Å². The van der Waals surface area contributed by atoms with Crippen molar-refractivity contribution < 1.29 is 9.90 Å². The minimum atomic E-state index is -0.607. The molecule has 2 aliphatic rings. The molecule has 2 rings (SSSR count). The van der Waals surface area contributed by atoms with Crippen molar-refractivity contribution >= 4 is 5.97 Å². The quantitative estimate of drug-likeness (QED) is 0.757. The lowest BCUT2D eigenvalue weighted by molar-refractivity contribution is -0.139. The fourth-order valence-corrected chi connectivity index (χ4v) is 3.42. The zero-order valence-electron chi connectivity index (χ0n) is 9.86. The van der Waals surface area contributed by atoms with E-state index in [1.165, 1.54) is 19.3 Å². The summed E-state index contributed by atoms with van der Waals surface area (Å²) in [6.07, 6.45) is 3.69. The van der Waals surface area contributed by atoms with Gasteiger partial charge >= 0.3 is 5.97 Å². The lowest BCUT2D eigenvalue weighted by Crippen LogP contribution is -2.39. The van der Waals surface area contributed by atoms with Crippen molar-refractivity contribution in [2.45, 2.75) is 39.2 Å². The van der Waals surface area contributed by atoms with E-state index in [-0.39, 0.29) is 11.3 Å². The van der Waals surface area contributed by atoms with Gasteiger partial charge < -0.3 is 10.0 Å². The largest absolute Gasteiger partial charge is 0.481 e. The van der Waals surface area contributed by atoms with Crippen molar-refractivity contribution in [3.63, 3.8) is 0 Å². The summed E-state index contributed by atoms with van der Waals surface area (Å²) in [6, 6.07) is 0.495. The number of aliphatic carboxylic acids is 1. The minimum absolute atomic E-state index is 0.00208. The van der Waals surface area contributed by atoms with Crippen LogP contribution in [0.1, 0.15) is 33.1 Å². The lowest BCUT2D eigenvalue weighted by Gasteiger charge is -2.33. The van der Waals surface area contributed by atoms with Crippen LogP contribution >= 0.6 is 0 Å². The van der Waals surface area contributed by atoms with E-state index in [2.05, 4.69) is 25.8 Å². The Bertz CT molecular complexity index is 275. The smallest absolute Gasteiger partial charge is 0.307 e. The SMILES string of the molecule is CN1CCCCC1[C@H]1[C@H](C(=O)O)C1(C)C. The van der Waals surface area contributed by atoms with Gasteiger partial charge in [-0.2, -0.15) is 0 Å². The van der Waals surface area contributed by atoms with Gasteiger partial charge in [0.25, 0.3) is 0 Å². The topological polar surface area (TPSA) is 40.5 Å². The first-order chi connectivity index (χ1) is 6.96. The van der Waals surface area contributed by atoms with E-state index in [0.29, 0.717) is 12.0 Å². The van der Waals surface area contributed by atoms with Crippen LogP contribution in [0.2, 0.25) is 0 Å². The molecule has 0 aromatic carbocycles. The Morgan fingerprint density at radius 3 is 2.53 bits per heavy atom. The van der Waals surface area contributed by atoms with Crippen LogP contribution in [0.5, 0.6) is 0 Å². The molecule has 1 aliphatic carbocycles. The zero-order valence-corrected chi connectivity index (χ0v) is 9.86. The van der Waals surface area contributed by atoms with Gasteiger partial charge in [-0.15, -0.1) is 0 Å².